The molecule has 1 atom stereocenters. The quantitative estimate of drug-likeness (QED) is 0.901. The van der Waals surface area contributed by atoms with Crippen LogP contribution in [0.3, 0.4) is 0 Å². The first-order valence-corrected chi connectivity index (χ1v) is 8.40. The number of carbonyl (C=O) groups excluding carboxylic acids is 1. The van der Waals surface area contributed by atoms with Gasteiger partial charge in [-0.25, -0.2) is 0 Å². The zero-order valence-electron chi connectivity index (χ0n) is 14.3. The van der Waals surface area contributed by atoms with Crippen LogP contribution in [-0.2, 0) is 11.8 Å². The molecule has 0 spiro atoms. The Hall–Kier alpha value is -2.62. The summed E-state index contributed by atoms with van der Waals surface area (Å²) in [7, 11) is 2.02. The standard InChI is InChI=1S/C19H22N4O2/c1-22-8-2-3-17(22)18(23-9-11-25-12-10-23)14-21-19(24)16-6-4-15(13-20)5-7-16/h2-8,18H,9-12,14H2,1H3,(H,21,24)/t18-/m1/s1. The summed E-state index contributed by atoms with van der Waals surface area (Å²) in [5, 5.41) is 11.9. The van der Waals surface area contributed by atoms with Crippen LogP contribution in [0.15, 0.2) is 42.6 Å². The van der Waals surface area contributed by atoms with Gasteiger partial charge in [0.25, 0.3) is 5.91 Å². The van der Waals surface area contributed by atoms with Crippen molar-refractivity contribution in [3.63, 3.8) is 0 Å². The summed E-state index contributed by atoms with van der Waals surface area (Å²) in [6, 6.07) is 12.9. The van der Waals surface area contributed by atoms with Gasteiger partial charge in [-0.3, -0.25) is 9.69 Å². The van der Waals surface area contributed by atoms with E-state index < -0.39 is 0 Å². The van der Waals surface area contributed by atoms with Gasteiger partial charge in [-0.15, -0.1) is 0 Å². The van der Waals surface area contributed by atoms with Gasteiger partial charge >= 0.3 is 0 Å². The molecular weight excluding hydrogens is 316 g/mol. The van der Waals surface area contributed by atoms with Gasteiger partial charge in [0.2, 0.25) is 0 Å². The molecule has 6 nitrogen and oxygen atoms in total. The van der Waals surface area contributed by atoms with Gasteiger partial charge in [0.1, 0.15) is 0 Å². The lowest BCUT2D eigenvalue weighted by Gasteiger charge is -2.35. The van der Waals surface area contributed by atoms with Crippen LogP contribution in [0.5, 0.6) is 0 Å². The SMILES string of the molecule is Cn1cccc1[C@@H](CNC(=O)c1ccc(C#N)cc1)N1CCOCC1. The van der Waals surface area contributed by atoms with E-state index in [4.69, 9.17) is 10.00 Å². The third-order valence-electron chi connectivity index (χ3n) is 4.54. The summed E-state index contributed by atoms with van der Waals surface area (Å²) in [5.74, 6) is -0.128. The molecule has 1 N–H and O–H groups in total. The maximum Gasteiger partial charge on any atom is 0.251 e. The van der Waals surface area contributed by atoms with Crippen molar-refractivity contribution in [1.29, 1.82) is 5.26 Å². The molecule has 2 heterocycles. The van der Waals surface area contributed by atoms with Crippen molar-refractivity contribution in [2.75, 3.05) is 32.8 Å². The molecule has 3 rings (SSSR count). The second-order valence-electron chi connectivity index (χ2n) is 6.11. The number of nitriles is 1. The highest BCUT2D eigenvalue weighted by molar-refractivity contribution is 5.94. The number of rotatable bonds is 5. The van der Waals surface area contributed by atoms with Gasteiger partial charge in [-0.05, 0) is 36.4 Å². The molecule has 0 saturated carbocycles. The summed E-state index contributed by atoms with van der Waals surface area (Å²) >= 11 is 0. The van der Waals surface area contributed by atoms with E-state index in [-0.39, 0.29) is 11.9 Å². The molecule has 0 radical (unpaired) electrons. The minimum atomic E-state index is -0.128. The maximum atomic E-state index is 12.4. The molecule has 1 aliphatic rings. The van der Waals surface area contributed by atoms with Crippen molar-refractivity contribution in [2.24, 2.45) is 7.05 Å². The summed E-state index contributed by atoms with van der Waals surface area (Å²) in [5.41, 5.74) is 2.28. The first-order valence-electron chi connectivity index (χ1n) is 8.40. The summed E-state index contributed by atoms with van der Waals surface area (Å²) < 4.78 is 7.54. The van der Waals surface area contributed by atoms with Gasteiger partial charge in [0.15, 0.2) is 0 Å². The fourth-order valence-electron chi connectivity index (χ4n) is 3.12. The van der Waals surface area contributed by atoms with E-state index in [2.05, 4.69) is 26.9 Å². The largest absolute Gasteiger partial charge is 0.379 e. The van der Waals surface area contributed by atoms with E-state index in [1.165, 1.54) is 5.69 Å². The van der Waals surface area contributed by atoms with Crippen molar-refractivity contribution in [3.05, 3.63) is 59.4 Å². The Morgan fingerprint density at radius 2 is 2.00 bits per heavy atom. The molecule has 1 aromatic carbocycles. The van der Waals surface area contributed by atoms with Gasteiger partial charge < -0.3 is 14.6 Å². The van der Waals surface area contributed by atoms with Crippen LogP contribution in [0.4, 0.5) is 0 Å². The Bertz CT molecular complexity index is 754. The molecule has 6 heteroatoms. The third kappa shape index (κ3) is 4.08. The Balaban J connectivity index is 1.70. The van der Waals surface area contributed by atoms with Crippen molar-refractivity contribution in [2.45, 2.75) is 6.04 Å². The molecule has 2 aromatic rings. The molecule has 1 aromatic heterocycles. The number of hydrogen-bond acceptors (Lipinski definition) is 4. The fraction of sp³-hybridized carbons (Fsp3) is 0.368. The van der Waals surface area contributed by atoms with Crippen molar-refractivity contribution in [3.8, 4) is 6.07 Å². The smallest absolute Gasteiger partial charge is 0.251 e. The Morgan fingerprint density at radius 3 is 2.60 bits per heavy atom. The molecule has 0 aliphatic carbocycles. The molecule has 1 aliphatic heterocycles. The minimum Gasteiger partial charge on any atom is -0.379 e. The third-order valence-corrected chi connectivity index (χ3v) is 4.54. The number of ether oxygens (including phenoxy) is 1. The van der Waals surface area contributed by atoms with E-state index in [1.54, 1.807) is 24.3 Å². The van der Waals surface area contributed by atoms with Gasteiger partial charge in [-0.2, -0.15) is 5.26 Å². The van der Waals surface area contributed by atoms with Crippen LogP contribution in [0, 0.1) is 11.3 Å². The predicted molar refractivity (Wildman–Crippen MR) is 94.0 cm³/mol. The van der Waals surface area contributed by atoms with Gasteiger partial charge in [0, 0.05) is 44.1 Å². The highest BCUT2D eigenvalue weighted by Gasteiger charge is 2.25. The Labute approximate surface area is 147 Å². The number of aromatic nitrogens is 1. The van der Waals surface area contributed by atoms with Crippen LogP contribution < -0.4 is 5.32 Å². The van der Waals surface area contributed by atoms with Crippen LogP contribution in [0.25, 0.3) is 0 Å². The first kappa shape index (κ1) is 17.2. The number of nitrogens with one attached hydrogen (secondary N) is 1. The highest BCUT2D eigenvalue weighted by Crippen LogP contribution is 2.21. The van der Waals surface area contributed by atoms with Gasteiger partial charge in [-0.1, -0.05) is 0 Å². The molecule has 130 valence electrons. The Kier molecular flexibility index (Phi) is 5.49. The van der Waals surface area contributed by atoms with E-state index in [1.807, 2.05) is 19.3 Å². The lowest BCUT2D eigenvalue weighted by Crippen LogP contribution is -2.44. The lowest BCUT2D eigenvalue weighted by molar-refractivity contribution is 0.0148. The van der Waals surface area contributed by atoms with Crippen molar-refractivity contribution < 1.29 is 9.53 Å². The number of carbonyl (C=O) groups is 1. The number of morpholine rings is 1. The number of benzene rings is 1. The zero-order chi connectivity index (χ0) is 17.6. The fourth-order valence-corrected chi connectivity index (χ4v) is 3.12. The normalized spacial score (nSPS) is 16.2. The molecule has 1 saturated heterocycles. The summed E-state index contributed by atoms with van der Waals surface area (Å²) in [6.07, 6.45) is 2.02. The zero-order valence-corrected chi connectivity index (χ0v) is 14.3. The van der Waals surface area contributed by atoms with Crippen molar-refractivity contribution >= 4 is 5.91 Å². The number of amides is 1. The topological polar surface area (TPSA) is 70.3 Å². The van der Waals surface area contributed by atoms with Crippen LogP contribution >= 0.6 is 0 Å². The maximum absolute atomic E-state index is 12.4. The number of hydrogen-bond donors (Lipinski definition) is 1. The monoisotopic (exact) mass is 338 g/mol. The number of nitrogens with zero attached hydrogens (tertiary/aromatic N) is 3. The molecule has 0 unspecified atom stereocenters. The van der Waals surface area contributed by atoms with E-state index in [0.29, 0.717) is 30.9 Å². The Morgan fingerprint density at radius 1 is 1.28 bits per heavy atom. The second-order valence-corrected chi connectivity index (χ2v) is 6.11. The average Bonchev–Trinajstić information content (AvgIpc) is 3.08. The average molecular weight is 338 g/mol. The van der Waals surface area contributed by atoms with E-state index in [0.717, 1.165) is 13.1 Å². The van der Waals surface area contributed by atoms with Gasteiger partial charge in [0.05, 0.1) is 30.9 Å². The summed E-state index contributed by atoms with van der Waals surface area (Å²) in [4.78, 5) is 14.8. The molecule has 25 heavy (non-hydrogen) atoms. The van der Waals surface area contributed by atoms with E-state index in [9.17, 15) is 4.79 Å². The minimum absolute atomic E-state index is 0.103. The molecule has 0 bridgehead atoms. The van der Waals surface area contributed by atoms with Crippen LogP contribution in [0.1, 0.15) is 27.7 Å². The predicted octanol–water partition coefficient (Wildman–Crippen LogP) is 1.70. The summed E-state index contributed by atoms with van der Waals surface area (Å²) in [6.45, 7) is 3.65. The molecular formula is C19H22N4O2. The van der Waals surface area contributed by atoms with Crippen LogP contribution in [-0.4, -0.2) is 48.2 Å². The second kappa shape index (κ2) is 7.97. The number of aryl methyl sites for hydroxylation is 1. The molecule has 1 fully saturated rings. The van der Waals surface area contributed by atoms with Crippen LogP contribution in [0.2, 0.25) is 0 Å². The highest BCUT2D eigenvalue weighted by atomic mass is 16.5. The van der Waals surface area contributed by atoms with Crippen molar-refractivity contribution in [1.82, 2.24) is 14.8 Å². The lowest BCUT2D eigenvalue weighted by atomic mass is 10.1. The molecule has 1 amide bonds. The first-order chi connectivity index (χ1) is 12.2. The van der Waals surface area contributed by atoms with E-state index >= 15 is 0 Å².